The highest BCUT2D eigenvalue weighted by Crippen LogP contribution is 1.99. The van der Waals surface area contributed by atoms with Gasteiger partial charge in [0.1, 0.15) is 0 Å². The fourth-order valence-electron chi connectivity index (χ4n) is 1.01. The fraction of sp³-hybridized carbons (Fsp3) is 0.600. The summed E-state index contributed by atoms with van der Waals surface area (Å²) in [5, 5.41) is 3.43. The van der Waals surface area contributed by atoms with Crippen LogP contribution in [0, 0.1) is 0 Å². The van der Waals surface area contributed by atoms with Gasteiger partial charge in [-0.15, -0.1) is 13.2 Å². The minimum atomic E-state index is 0.546. The van der Waals surface area contributed by atoms with E-state index in [0.717, 1.165) is 19.4 Å². The predicted molar refractivity (Wildman–Crippen MR) is 51.7 cm³/mol. The summed E-state index contributed by atoms with van der Waals surface area (Å²) in [5.41, 5.74) is 0. The lowest BCUT2D eigenvalue weighted by molar-refractivity contribution is 0.519. The summed E-state index contributed by atoms with van der Waals surface area (Å²) < 4.78 is 0. The molecule has 1 N–H and O–H groups in total. The fourth-order valence-corrected chi connectivity index (χ4v) is 1.01. The van der Waals surface area contributed by atoms with Crippen LogP contribution in [0.5, 0.6) is 0 Å². The third-order valence-electron chi connectivity index (χ3n) is 1.59. The molecule has 0 spiro atoms. The molecule has 0 aliphatic carbocycles. The van der Waals surface area contributed by atoms with Crippen molar-refractivity contribution in [2.75, 3.05) is 6.54 Å². The molecule has 1 nitrogen and oxygen atoms in total. The van der Waals surface area contributed by atoms with Gasteiger partial charge in [-0.05, 0) is 25.8 Å². The van der Waals surface area contributed by atoms with Gasteiger partial charge in [-0.3, -0.25) is 0 Å². The molecule has 0 rings (SSSR count). The van der Waals surface area contributed by atoms with E-state index in [1.807, 2.05) is 12.2 Å². The summed E-state index contributed by atoms with van der Waals surface area (Å²) in [6.07, 6.45) is 7.16. The zero-order valence-corrected chi connectivity index (χ0v) is 7.47. The quantitative estimate of drug-likeness (QED) is 0.554. The van der Waals surface area contributed by atoms with Crippen LogP contribution in [0.25, 0.3) is 0 Å². The topological polar surface area (TPSA) is 12.0 Å². The van der Waals surface area contributed by atoms with Crippen LogP contribution in [0.2, 0.25) is 0 Å². The lowest BCUT2D eigenvalue weighted by Gasteiger charge is -2.13. The van der Waals surface area contributed by atoms with Crippen molar-refractivity contribution in [3.05, 3.63) is 25.3 Å². The molecule has 0 amide bonds. The van der Waals surface area contributed by atoms with E-state index in [1.165, 1.54) is 6.42 Å². The largest absolute Gasteiger partial charge is 0.313 e. The average molecular weight is 153 g/mol. The molecular formula is C10H19N. The summed E-state index contributed by atoms with van der Waals surface area (Å²) in [5.74, 6) is 0. The van der Waals surface area contributed by atoms with E-state index in [1.54, 1.807) is 0 Å². The first kappa shape index (κ1) is 10.4. The van der Waals surface area contributed by atoms with Gasteiger partial charge in [0.05, 0.1) is 0 Å². The Labute approximate surface area is 70.2 Å². The van der Waals surface area contributed by atoms with Gasteiger partial charge in [-0.1, -0.05) is 19.1 Å². The van der Waals surface area contributed by atoms with Gasteiger partial charge in [0.25, 0.3) is 0 Å². The molecule has 11 heavy (non-hydrogen) atoms. The number of nitrogens with one attached hydrogen (secondary N) is 1. The first-order chi connectivity index (χ1) is 5.35. The molecule has 0 heterocycles. The average Bonchev–Trinajstić information content (AvgIpc) is 2.01. The summed E-state index contributed by atoms with van der Waals surface area (Å²) in [6, 6.07) is 0.546. The molecule has 0 unspecified atom stereocenters. The van der Waals surface area contributed by atoms with Crippen LogP contribution >= 0.6 is 0 Å². The molecule has 0 aromatic heterocycles. The Kier molecular flexibility index (Phi) is 7.16. The molecule has 0 aliphatic heterocycles. The zero-order chi connectivity index (χ0) is 8.53. The highest BCUT2D eigenvalue weighted by atomic mass is 14.9. The molecule has 64 valence electrons. The number of hydrogen-bond donors (Lipinski definition) is 1. The van der Waals surface area contributed by atoms with E-state index >= 15 is 0 Å². The number of hydrogen-bond acceptors (Lipinski definition) is 1. The molecule has 0 radical (unpaired) electrons. The lowest BCUT2D eigenvalue weighted by Crippen LogP contribution is -2.28. The first-order valence-corrected chi connectivity index (χ1v) is 4.30. The van der Waals surface area contributed by atoms with Gasteiger partial charge >= 0.3 is 0 Å². The monoisotopic (exact) mass is 153 g/mol. The normalized spacial score (nSPS) is 10.0. The maximum atomic E-state index is 3.72. The highest BCUT2D eigenvalue weighted by molar-refractivity contribution is 4.83. The molecule has 0 saturated heterocycles. The van der Waals surface area contributed by atoms with Crippen molar-refractivity contribution in [1.82, 2.24) is 5.32 Å². The number of rotatable bonds is 7. The third-order valence-corrected chi connectivity index (χ3v) is 1.59. The molecule has 0 saturated carbocycles. The SMILES string of the molecule is C=CCC(CC=C)NCCC. The highest BCUT2D eigenvalue weighted by Gasteiger charge is 2.00. The molecular weight excluding hydrogens is 134 g/mol. The molecule has 0 aromatic rings. The Balaban J connectivity index is 3.49. The molecule has 1 heteroatoms. The van der Waals surface area contributed by atoms with Crippen molar-refractivity contribution in [3.63, 3.8) is 0 Å². The van der Waals surface area contributed by atoms with E-state index in [0.29, 0.717) is 6.04 Å². The van der Waals surface area contributed by atoms with Crippen LogP contribution in [-0.4, -0.2) is 12.6 Å². The lowest BCUT2D eigenvalue weighted by atomic mass is 10.1. The minimum Gasteiger partial charge on any atom is -0.313 e. The van der Waals surface area contributed by atoms with E-state index in [2.05, 4.69) is 25.4 Å². The Bertz CT molecular complexity index is 97.4. The molecule has 0 bridgehead atoms. The summed E-state index contributed by atoms with van der Waals surface area (Å²) in [4.78, 5) is 0. The van der Waals surface area contributed by atoms with Gasteiger partial charge in [-0.2, -0.15) is 0 Å². The summed E-state index contributed by atoms with van der Waals surface area (Å²) in [7, 11) is 0. The van der Waals surface area contributed by atoms with Crippen molar-refractivity contribution in [3.8, 4) is 0 Å². The van der Waals surface area contributed by atoms with Crippen LogP contribution in [-0.2, 0) is 0 Å². The predicted octanol–water partition coefficient (Wildman–Crippen LogP) is 2.51. The summed E-state index contributed by atoms with van der Waals surface area (Å²) >= 11 is 0. The van der Waals surface area contributed by atoms with Crippen molar-refractivity contribution in [1.29, 1.82) is 0 Å². The van der Waals surface area contributed by atoms with E-state index in [-0.39, 0.29) is 0 Å². The van der Waals surface area contributed by atoms with Crippen LogP contribution in [0.3, 0.4) is 0 Å². The maximum absolute atomic E-state index is 3.72. The Morgan fingerprint density at radius 3 is 2.18 bits per heavy atom. The van der Waals surface area contributed by atoms with E-state index in [9.17, 15) is 0 Å². The molecule has 0 fully saturated rings. The first-order valence-electron chi connectivity index (χ1n) is 4.30. The Morgan fingerprint density at radius 2 is 1.82 bits per heavy atom. The zero-order valence-electron chi connectivity index (χ0n) is 7.47. The standard InChI is InChI=1S/C10H19N/c1-4-7-10(8-5-2)11-9-6-3/h4-5,10-11H,1-2,6-9H2,3H3. The second-order valence-corrected chi connectivity index (χ2v) is 2.70. The summed E-state index contributed by atoms with van der Waals surface area (Å²) in [6.45, 7) is 10.7. The van der Waals surface area contributed by atoms with Gasteiger partial charge in [0.2, 0.25) is 0 Å². The van der Waals surface area contributed by atoms with Crippen molar-refractivity contribution >= 4 is 0 Å². The second kappa shape index (κ2) is 7.55. The van der Waals surface area contributed by atoms with Gasteiger partial charge in [0.15, 0.2) is 0 Å². The van der Waals surface area contributed by atoms with Crippen molar-refractivity contribution in [2.24, 2.45) is 0 Å². The molecule has 0 atom stereocenters. The van der Waals surface area contributed by atoms with Crippen LogP contribution < -0.4 is 5.32 Å². The Hall–Kier alpha value is -0.560. The van der Waals surface area contributed by atoms with Crippen LogP contribution in [0.1, 0.15) is 26.2 Å². The molecule has 0 aliphatic rings. The second-order valence-electron chi connectivity index (χ2n) is 2.70. The smallest absolute Gasteiger partial charge is 0.0136 e. The van der Waals surface area contributed by atoms with E-state index < -0.39 is 0 Å². The van der Waals surface area contributed by atoms with Crippen LogP contribution in [0.4, 0.5) is 0 Å². The van der Waals surface area contributed by atoms with Gasteiger partial charge < -0.3 is 5.32 Å². The third kappa shape index (κ3) is 5.86. The van der Waals surface area contributed by atoms with Gasteiger partial charge in [-0.25, -0.2) is 0 Å². The minimum absolute atomic E-state index is 0.546. The van der Waals surface area contributed by atoms with Gasteiger partial charge in [0, 0.05) is 6.04 Å². The maximum Gasteiger partial charge on any atom is 0.0136 e. The van der Waals surface area contributed by atoms with Crippen molar-refractivity contribution in [2.45, 2.75) is 32.2 Å². The van der Waals surface area contributed by atoms with E-state index in [4.69, 9.17) is 0 Å². The Morgan fingerprint density at radius 1 is 1.27 bits per heavy atom. The molecule has 0 aromatic carbocycles. The van der Waals surface area contributed by atoms with Crippen LogP contribution in [0.15, 0.2) is 25.3 Å². The van der Waals surface area contributed by atoms with Crippen molar-refractivity contribution < 1.29 is 0 Å².